The lowest BCUT2D eigenvalue weighted by molar-refractivity contribution is 0.301. The Kier molecular flexibility index (Phi) is 5.48. The third-order valence-electron chi connectivity index (χ3n) is 3.04. The van der Waals surface area contributed by atoms with E-state index in [0.717, 1.165) is 11.1 Å². The smallest absolute Gasteiger partial charge is 0.142 e. The fourth-order valence-corrected chi connectivity index (χ4v) is 2.22. The second-order valence-electron chi connectivity index (χ2n) is 5.22. The molecule has 3 nitrogen and oxygen atoms in total. The molecule has 0 spiro atoms. The van der Waals surface area contributed by atoms with E-state index >= 15 is 0 Å². The normalized spacial score (nSPS) is 10.9. The SMILES string of the molecule is CC(C)NCc1cccc(Cl)c1OCc1cccc(O)c1. The minimum atomic E-state index is 0.233. The van der Waals surface area contributed by atoms with Gasteiger partial charge in [0, 0.05) is 18.2 Å². The lowest BCUT2D eigenvalue weighted by Crippen LogP contribution is -2.22. The van der Waals surface area contributed by atoms with Crippen LogP contribution in [0.4, 0.5) is 0 Å². The molecule has 0 aliphatic heterocycles. The topological polar surface area (TPSA) is 41.5 Å². The predicted molar refractivity (Wildman–Crippen MR) is 85.9 cm³/mol. The van der Waals surface area contributed by atoms with Crippen LogP contribution in [-0.2, 0) is 13.2 Å². The Hall–Kier alpha value is -1.71. The monoisotopic (exact) mass is 305 g/mol. The maximum Gasteiger partial charge on any atom is 0.142 e. The second-order valence-corrected chi connectivity index (χ2v) is 5.63. The Balaban J connectivity index is 2.11. The van der Waals surface area contributed by atoms with Gasteiger partial charge in [0.15, 0.2) is 0 Å². The van der Waals surface area contributed by atoms with E-state index in [4.69, 9.17) is 16.3 Å². The van der Waals surface area contributed by atoms with Crippen molar-refractivity contribution in [3.63, 3.8) is 0 Å². The molecule has 0 amide bonds. The van der Waals surface area contributed by atoms with E-state index in [2.05, 4.69) is 19.2 Å². The van der Waals surface area contributed by atoms with E-state index in [1.807, 2.05) is 24.3 Å². The fourth-order valence-electron chi connectivity index (χ4n) is 1.97. The molecule has 0 unspecified atom stereocenters. The van der Waals surface area contributed by atoms with Crippen molar-refractivity contribution in [3.05, 3.63) is 58.6 Å². The number of phenols is 1. The molecule has 0 saturated carbocycles. The number of hydrogen-bond donors (Lipinski definition) is 2. The van der Waals surface area contributed by atoms with Gasteiger partial charge in [0.2, 0.25) is 0 Å². The largest absolute Gasteiger partial charge is 0.508 e. The summed E-state index contributed by atoms with van der Waals surface area (Å²) >= 11 is 6.24. The first kappa shape index (κ1) is 15.7. The zero-order valence-corrected chi connectivity index (χ0v) is 13.0. The first-order valence-electron chi connectivity index (χ1n) is 6.97. The maximum absolute atomic E-state index is 9.47. The van der Waals surface area contributed by atoms with E-state index in [9.17, 15) is 5.11 Å². The van der Waals surface area contributed by atoms with E-state index in [0.29, 0.717) is 30.0 Å². The van der Waals surface area contributed by atoms with Gasteiger partial charge in [-0.15, -0.1) is 0 Å². The van der Waals surface area contributed by atoms with E-state index in [1.165, 1.54) is 0 Å². The molecular formula is C17H20ClNO2. The van der Waals surface area contributed by atoms with Crippen LogP contribution in [0.1, 0.15) is 25.0 Å². The number of para-hydroxylation sites is 1. The number of benzene rings is 2. The van der Waals surface area contributed by atoms with E-state index < -0.39 is 0 Å². The summed E-state index contributed by atoms with van der Waals surface area (Å²) < 4.78 is 5.86. The van der Waals surface area contributed by atoms with Crippen LogP contribution < -0.4 is 10.1 Å². The van der Waals surface area contributed by atoms with Crippen LogP contribution >= 0.6 is 11.6 Å². The van der Waals surface area contributed by atoms with Crippen molar-refractivity contribution in [2.45, 2.75) is 33.0 Å². The molecule has 4 heteroatoms. The summed E-state index contributed by atoms with van der Waals surface area (Å²) in [5.74, 6) is 0.924. The Bertz CT molecular complexity index is 599. The molecule has 0 aromatic heterocycles. The van der Waals surface area contributed by atoms with Crippen LogP contribution in [0.25, 0.3) is 0 Å². The highest BCUT2D eigenvalue weighted by atomic mass is 35.5. The maximum atomic E-state index is 9.47. The van der Waals surface area contributed by atoms with Gasteiger partial charge in [0.1, 0.15) is 18.1 Å². The molecule has 0 fully saturated rings. The minimum Gasteiger partial charge on any atom is -0.508 e. The summed E-state index contributed by atoms with van der Waals surface area (Å²) in [6.07, 6.45) is 0. The van der Waals surface area contributed by atoms with Gasteiger partial charge in [-0.25, -0.2) is 0 Å². The molecule has 21 heavy (non-hydrogen) atoms. The molecule has 0 aliphatic carbocycles. The Morgan fingerprint density at radius 3 is 2.67 bits per heavy atom. The van der Waals surface area contributed by atoms with Crippen molar-refractivity contribution in [1.82, 2.24) is 5.32 Å². The molecule has 112 valence electrons. The number of phenolic OH excluding ortho intramolecular Hbond substituents is 1. The van der Waals surface area contributed by atoms with Gasteiger partial charge in [-0.05, 0) is 23.8 Å². The number of nitrogens with one attached hydrogen (secondary N) is 1. The van der Waals surface area contributed by atoms with Crippen LogP contribution in [-0.4, -0.2) is 11.1 Å². The van der Waals surface area contributed by atoms with Crippen molar-refractivity contribution in [2.24, 2.45) is 0 Å². The van der Waals surface area contributed by atoms with Crippen LogP contribution in [0.3, 0.4) is 0 Å². The zero-order valence-electron chi connectivity index (χ0n) is 12.3. The van der Waals surface area contributed by atoms with Gasteiger partial charge in [0.25, 0.3) is 0 Å². The minimum absolute atomic E-state index is 0.233. The average Bonchev–Trinajstić information content (AvgIpc) is 2.44. The summed E-state index contributed by atoms with van der Waals surface area (Å²) in [5.41, 5.74) is 1.93. The van der Waals surface area contributed by atoms with Crippen molar-refractivity contribution < 1.29 is 9.84 Å². The quantitative estimate of drug-likeness (QED) is 0.843. The van der Waals surface area contributed by atoms with E-state index in [-0.39, 0.29) is 5.75 Å². The molecule has 0 radical (unpaired) electrons. The average molecular weight is 306 g/mol. The van der Waals surface area contributed by atoms with Crippen molar-refractivity contribution >= 4 is 11.6 Å². The first-order chi connectivity index (χ1) is 10.1. The Labute approximate surface area is 130 Å². The van der Waals surface area contributed by atoms with Gasteiger partial charge in [0.05, 0.1) is 5.02 Å². The summed E-state index contributed by atoms with van der Waals surface area (Å²) in [6, 6.07) is 13.1. The Morgan fingerprint density at radius 1 is 1.19 bits per heavy atom. The van der Waals surface area contributed by atoms with Crippen molar-refractivity contribution in [3.8, 4) is 11.5 Å². The lowest BCUT2D eigenvalue weighted by Gasteiger charge is -2.15. The molecule has 0 heterocycles. The molecule has 2 rings (SSSR count). The van der Waals surface area contributed by atoms with Gasteiger partial charge in [-0.2, -0.15) is 0 Å². The molecule has 0 saturated heterocycles. The highest BCUT2D eigenvalue weighted by Crippen LogP contribution is 2.29. The molecule has 2 N–H and O–H groups in total. The number of aromatic hydroxyl groups is 1. The standard InChI is InChI=1S/C17H20ClNO2/c1-12(2)19-10-14-6-4-8-16(18)17(14)21-11-13-5-3-7-15(20)9-13/h3-9,12,19-20H,10-11H2,1-2H3. The van der Waals surface area contributed by atoms with Gasteiger partial charge >= 0.3 is 0 Å². The lowest BCUT2D eigenvalue weighted by atomic mass is 10.2. The molecule has 2 aromatic rings. The number of hydrogen-bond acceptors (Lipinski definition) is 3. The molecule has 0 aliphatic rings. The second kappa shape index (κ2) is 7.34. The summed E-state index contributed by atoms with van der Waals surface area (Å²) in [4.78, 5) is 0. The van der Waals surface area contributed by atoms with Gasteiger partial charge in [-0.3, -0.25) is 0 Å². The third kappa shape index (κ3) is 4.66. The van der Waals surface area contributed by atoms with Crippen LogP contribution in [0.2, 0.25) is 5.02 Å². The van der Waals surface area contributed by atoms with Crippen LogP contribution in [0, 0.1) is 0 Å². The summed E-state index contributed by atoms with van der Waals surface area (Å²) in [7, 11) is 0. The van der Waals surface area contributed by atoms with Crippen molar-refractivity contribution in [1.29, 1.82) is 0 Å². The predicted octanol–water partition coefficient (Wildman–Crippen LogP) is 4.12. The first-order valence-corrected chi connectivity index (χ1v) is 7.35. The van der Waals surface area contributed by atoms with Gasteiger partial charge in [-0.1, -0.05) is 49.7 Å². The number of rotatable bonds is 6. The number of ether oxygens (including phenoxy) is 1. The molecule has 0 atom stereocenters. The van der Waals surface area contributed by atoms with Crippen LogP contribution in [0.15, 0.2) is 42.5 Å². The molecule has 0 bridgehead atoms. The fraction of sp³-hybridized carbons (Fsp3) is 0.294. The van der Waals surface area contributed by atoms with Gasteiger partial charge < -0.3 is 15.2 Å². The highest BCUT2D eigenvalue weighted by Gasteiger charge is 2.09. The number of halogens is 1. The van der Waals surface area contributed by atoms with Crippen LogP contribution in [0.5, 0.6) is 11.5 Å². The zero-order chi connectivity index (χ0) is 15.2. The molecular weight excluding hydrogens is 286 g/mol. The van der Waals surface area contributed by atoms with E-state index in [1.54, 1.807) is 18.2 Å². The summed E-state index contributed by atoms with van der Waals surface area (Å²) in [6.45, 7) is 5.26. The Morgan fingerprint density at radius 2 is 1.95 bits per heavy atom. The van der Waals surface area contributed by atoms with Crippen molar-refractivity contribution in [2.75, 3.05) is 0 Å². The third-order valence-corrected chi connectivity index (χ3v) is 3.34. The summed E-state index contributed by atoms with van der Waals surface area (Å²) in [5, 5.41) is 13.4. The molecule has 2 aromatic carbocycles. The highest BCUT2D eigenvalue weighted by molar-refractivity contribution is 6.32.